The molecule has 0 radical (unpaired) electrons. The number of benzene rings is 1. The lowest BCUT2D eigenvalue weighted by atomic mass is 10.2. The molecular weight excluding hydrogens is 274 g/mol. The van der Waals surface area contributed by atoms with E-state index in [9.17, 15) is 0 Å². The molecule has 0 aliphatic heterocycles. The number of rotatable bonds is 5. The number of methoxy groups -OCH3 is 1. The summed E-state index contributed by atoms with van der Waals surface area (Å²) < 4.78 is 5.10. The highest BCUT2D eigenvalue weighted by Crippen LogP contribution is 2.26. The fourth-order valence-electron chi connectivity index (χ4n) is 1.45. The Bertz CT molecular complexity index is 612. The molecular formula is C15H16ClN3O. The third kappa shape index (κ3) is 3.87. The zero-order valence-electron chi connectivity index (χ0n) is 11.7. The normalized spacial score (nSPS) is 11.8. The SMILES string of the molecule is C=C(OC)/C(C)=C(\N=C/C)Nc1ccc(C#N)cc1Cl. The molecule has 0 saturated heterocycles. The van der Waals surface area contributed by atoms with Crippen LogP contribution in [0.4, 0.5) is 5.69 Å². The van der Waals surface area contributed by atoms with E-state index in [2.05, 4.69) is 16.9 Å². The van der Waals surface area contributed by atoms with Crippen LogP contribution in [0.1, 0.15) is 19.4 Å². The minimum atomic E-state index is 0.448. The summed E-state index contributed by atoms with van der Waals surface area (Å²) in [7, 11) is 1.55. The van der Waals surface area contributed by atoms with E-state index in [1.54, 1.807) is 31.5 Å². The molecule has 1 aromatic carbocycles. The lowest BCUT2D eigenvalue weighted by molar-refractivity contribution is 0.302. The average Bonchev–Trinajstić information content (AvgIpc) is 2.46. The van der Waals surface area contributed by atoms with Gasteiger partial charge in [0.05, 0.1) is 29.5 Å². The second-order valence-electron chi connectivity index (χ2n) is 3.92. The van der Waals surface area contributed by atoms with Crippen molar-refractivity contribution >= 4 is 23.5 Å². The molecule has 1 rings (SSSR count). The Labute approximate surface area is 124 Å². The second-order valence-corrected chi connectivity index (χ2v) is 4.33. The van der Waals surface area contributed by atoms with Gasteiger partial charge >= 0.3 is 0 Å². The Kier molecular flexibility index (Phi) is 5.82. The van der Waals surface area contributed by atoms with Gasteiger partial charge in [0.25, 0.3) is 0 Å². The number of aliphatic imine (C=N–C) groups is 1. The molecule has 0 fully saturated rings. The lowest BCUT2D eigenvalue weighted by Gasteiger charge is -2.13. The van der Waals surface area contributed by atoms with Gasteiger partial charge in [0.2, 0.25) is 0 Å². The van der Waals surface area contributed by atoms with Crippen molar-refractivity contribution in [1.82, 2.24) is 0 Å². The predicted octanol–water partition coefficient (Wildman–Crippen LogP) is 4.11. The van der Waals surface area contributed by atoms with E-state index >= 15 is 0 Å². The highest BCUT2D eigenvalue weighted by atomic mass is 35.5. The molecule has 0 aliphatic rings. The highest BCUT2D eigenvalue weighted by molar-refractivity contribution is 6.33. The summed E-state index contributed by atoms with van der Waals surface area (Å²) in [5, 5.41) is 12.4. The van der Waals surface area contributed by atoms with Crippen LogP contribution in [0.5, 0.6) is 0 Å². The minimum absolute atomic E-state index is 0.448. The van der Waals surface area contributed by atoms with Gasteiger partial charge in [-0.1, -0.05) is 18.2 Å². The first kappa shape index (κ1) is 15.8. The maximum Gasteiger partial charge on any atom is 0.136 e. The summed E-state index contributed by atoms with van der Waals surface area (Å²) in [6.45, 7) is 7.45. The molecule has 0 saturated carbocycles. The maximum absolute atomic E-state index is 8.82. The van der Waals surface area contributed by atoms with Gasteiger partial charge in [0.15, 0.2) is 0 Å². The maximum atomic E-state index is 8.82. The topological polar surface area (TPSA) is 57.4 Å². The van der Waals surface area contributed by atoms with Crippen LogP contribution < -0.4 is 5.32 Å². The van der Waals surface area contributed by atoms with Gasteiger partial charge in [0, 0.05) is 11.8 Å². The van der Waals surface area contributed by atoms with E-state index in [4.69, 9.17) is 21.6 Å². The monoisotopic (exact) mass is 289 g/mol. The van der Waals surface area contributed by atoms with Crippen LogP contribution in [-0.4, -0.2) is 13.3 Å². The highest BCUT2D eigenvalue weighted by Gasteiger charge is 2.08. The Hall–Kier alpha value is -2.25. The number of anilines is 1. The quantitative estimate of drug-likeness (QED) is 0.504. The molecule has 1 aromatic rings. The number of allylic oxidation sites excluding steroid dienone is 1. The van der Waals surface area contributed by atoms with Gasteiger partial charge in [-0.05, 0) is 32.0 Å². The van der Waals surface area contributed by atoms with Gasteiger partial charge in [-0.2, -0.15) is 5.26 Å². The molecule has 104 valence electrons. The van der Waals surface area contributed by atoms with E-state index in [-0.39, 0.29) is 0 Å². The molecule has 0 heterocycles. The molecule has 0 atom stereocenters. The van der Waals surface area contributed by atoms with Crippen LogP contribution >= 0.6 is 11.6 Å². The van der Waals surface area contributed by atoms with E-state index in [0.29, 0.717) is 27.9 Å². The summed E-state index contributed by atoms with van der Waals surface area (Å²) in [6.07, 6.45) is 1.66. The van der Waals surface area contributed by atoms with Crippen LogP contribution in [0, 0.1) is 11.3 Å². The van der Waals surface area contributed by atoms with Crippen LogP contribution in [0.3, 0.4) is 0 Å². The third-order valence-electron chi connectivity index (χ3n) is 2.63. The van der Waals surface area contributed by atoms with Crippen molar-refractivity contribution in [2.75, 3.05) is 12.4 Å². The predicted molar refractivity (Wildman–Crippen MR) is 82.8 cm³/mol. The third-order valence-corrected chi connectivity index (χ3v) is 2.94. The first-order valence-corrected chi connectivity index (χ1v) is 6.30. The largest absolute Gasteiger partial charge is 0.497 e. The van der Waals surface area contributed by atoms with Crippen LogP contribution in [0.2, 0.25) is 5.02 Å². The summed E-state index contributed by atoms with van der Waals surface area (Å²) >= 11 is 6.13. The Morgan fingerprint density at radius 3 is 2.75 bits per heavy atom. The van der Waals surface area contributed by atoms with Crippen molar-refractivity contribution in [3.05, 3.63) is 52.5 Å². The minimum Gasteiger partial charge on any atom is -0.497 e. The molecule has 0 unspecified atom stereocenters. The van der Waals surface area contributed by atoms with Crippen LogP contribution in [-0.2, 0) is 4.74 Å². The van der Waals surface area contributed by atoms with Crippen molar-refractivity contribution in [2.45, 2.75) is 13.8 Å². The number of hydrogen-bond donors (Lipinski definition) is 1. The molecule has 0 aliphatic carbocycles. The van der Waals surface area contributed by atoms with Gasteiger partial charge in [-0.15, -0.1) is 0 Å². The number of nitriles is 1. The van der Waals surface area contributed by atoms with Gasteiger partial charge in [0.1, 0.15) is 11.6 Å². The number of nitrogens with zero attached hydrogens (tertiary/aromatic N) is 2. The zero-order valence-corrected chi connectivity index (χ0v) is 12.5. The van der Waals surface area contributed by atoms with E-state index < -0.39 is 0 Å². The first-order chi connectivity index (χ1) is 9.53. The molecule has 0 bridgehead atoms. The van der Waals surface area contributed by atoms with Gasteiger partial charge in [-0.25, -0.2) is 4.99 Å². The average molecular weight is 290 g/mol. The van der Waals surface area contributed by atoms with Crippen molar-refractivity contribution in [1.29, 1.82) is 5.26 Å². The number of nitrogens with one attached hydrogen (secondary N) is 1. The summed E-state index contributed by atoms with van der Waals surface area (Å²) in [4.78, 5) is 4.25. The Morgan fingerprint density at radius 2 is 2.25 bits per heavy atom. The molecule has 0 aromatic heterocycles. The van der Waals surface area contributed by atoms with Gasteiger partial charge in [-0.3, -0.25) is 0 Å². The van der Waals surface area contributed by atoms with E-state index in [1.807, 2.05) is 19.9 Å². The molecule has 5 heteroatoms. The van der Waals surface area contributed by atoms with Crippen molar-refractivity contribution in [3.63, 3.8) is 0 Å². The lowest BCUT2D eigenvalue weighted by Crippen LogP contribution is -2.03. The van der Waals surface area contributed by atoms with Gasteiger partial charge < -0.3 is 10.1 Å². The fourth-order valence-corrected chi connectivity index (χ4v) is 1.68. The number of hydrogen-bond acceptors (Lipinski definition) is 4. The fraction of sp³-hybridized carbons (Fsp3) is 0.200. The standard InChI is InChI=1S/C15H16ClN3O/c1-5-18-15(10(2)11(3)20-4)19-14-7-6-12(9-17)8-13(14)16/h5-8,19H,3H2,1-2,4H3/b15-10+,18-5-. The van der Waals surface area contributed by atoms with Crippen molar-refractivity contribution in [3.8, 4) is 6.07 Å². The molecule has 0 amide bonds. The Balaban J connectivity index is 3.16. The molecule has 4 nitrogen and oxygen atoms in total. The number of halogens is 1. The number of ether oxygens (including phenoxy) is 1. The molecule has 1 N–H and O–H groups in total. The Morgan fingerprint density at radius 1 is 1.55 bits per heavy atom. The van der Waals surface area contributed by atoms with Crippen molar-refractivity contribution < 1.29 is 4.74 Å². The zero-order chi connectivity index (χ0) is 15.1. The molecule has 20 heavy (non-hydrogen) atoms. The van der Waals surface area contributed by atoms with E-state index in [1.165, 1.54) is 0 Å². The van der Waals surface area contributed by atoms with Crippen LogP contribution in [0.25, 0.3) is 0 Å². The summed E-state index contributed by atoms with van der Waals surface area (Å²) in [5.74, 6) is 1.11. The van der Waals surface area contributed by atoms with E-state index in [0.717, 1.165) is 5.57 Å². The smallest absolute Gasteiger partial charge is 0.136 e. The van der Waals surface area contributed by atoms with Crippen molar-refractivity contribution in [2.24, 2.45) is 4.99 Å². The molecule has 0 spiro atoms. The second kappa shape index (κ2) is 7.37. The summed E-state index contributed by atoms with van der Waals surface area (Å²) in [6, 6.07) is 7.04. The summed E-state index contributed by atoms with van der Waals surface area (Å²) in [5.41, 5.74) is 1.93. The first-order valence-electron chi connectivity index (χ1n) is 5.93. The van der Waals surface area contributed by atoms with Crippen LogP contribution in [0.15, 0.2) is 46.9 Å².